The topological polar surface area (TPSA) is 90.4 Å². The molecule has 132 valence electrons. The number of nitro groups is 1. The quantitative estimate of drug-likeness (QED) is 0.491. The number of furan rings is 1. The molecule has 0 spiro atoms. The maximum Gasteiger partial charge on any atom is 0.433 e. The van der Waals surface area contributed by atoms with E-state index in [1.165, 1.54) is 48.5 Å². The summed E-state index contributed by atoms with van der Waals surface area (Å²) in [6.45, 7) is 0. The lowest BCUT2D eigenvalue weighted by Crippen LogP contribution is -2.03. The van der Waals surface area contributed by atoms with Crippen molar-refractivity contribution in [2.75, 3.05) is 0 Å². The molecule has 0 saturated carbocycles. The van der Waals surface area contributed by atoms with Gasteiger partial charge in [-0.15, -0.1) is 0 Å². The van der Waals surface area contributed by atoms with Crippen molar-refractivity contribution in [3.05, 3.63) is 94.0 Å². The largest absolute Gasteiger partial charge is 0.433 e. The first-order valence-electron chi connectivity index (χ1n) is 7.40. The molecule has 3 aromatic rings. The lowest BCUT2D eigenvalue weighted by atomic mass is 10.2. The normalized spacial score (nSPS) is 12.1. The van der Waals surface area contributed by atoms with Crippen LogP contribution >= 0.6 is 0 Å². The molecule has 0 N–H and O–H groups in total. The Hall–Kier alpha value is -3.26. The fourth-order valence-electron chi connectivity index (χ4n) is 2.28. The van der Waals surface area contributed by atoms with Crippen LogP contribution in [0.1, 0.15) is 11.3 Å². The highest BCUT2D eigenvalue weighted by atomic mass is 32.2. The number of benzene rings is 2. The summed E-state index contributed by atoms with van der Waals surface area (Å²) in [4.78, 5) is 9.84. The first kappa shape index (κ1) is 17.6. The third-order valence-electron chi connectivity index (χ3n) is 3.53. The molecule has 0 aliphatic rings. The van der Waals surface area contributed by atoms with E-state index in [2.05, 4.69) is 0 Å². The second-order valence-corrected chi connectivity index (χ2v) is 7.19. The highest BCUT2D eigenvalue weighted by Gasteiger charge is 2.26. The summed E-state index contributed by atoms with van der Waals surface area (Å²) in [5.41, 5.74) is 0.403. The van der Waals surface area contributed by atoms with Gasteiger partial charge in [0.15, 0.2) is 5.76 Å². The van der Waals surface area contributed by atoms with E-state index in [1.54, 1.807) is 18.2 Å². The zero-order valence-corrected chi connectivity index (χ0v) is 14.0. The molecule has 0 atom stereocenters. The summed E-state index contributed by atoms with van der Waals surface area (Å²) < 4.78 is 44.2. The Morgan fingerprint density at radius 1 is 1.00 bits per heavy atom. The van der Waals surface area contributed by atoms with Crippen LogP contribution in [-0.4, -0.2) is 13.3 Å². The zero-order chi connectivity index (χ0) is 18.7. The van der Waals surface area contributed by atoms with Crippen LogP contribution in [0.2, 0.25) is 0 Å². The zero-order valence-electron chi connectivity index (χ0n) is 13.2. The average Bonchev–Trinajstić information content (AvgIpc) is 3.12. The lowest BCUT2D eigenvalue weighted by Gasteiger charge is -2.07. The van der Waals surface area contributed by atoms with Gasteiger partial charge in [0.2, 0.25) is 9.84 Å². The molecular weight excluding hydrogens is 361 g/mol. The van der Waals surface area contributed by atoms with Crippen molar-refractivity contribution >= 4 is 26.7 Å². The predicted molar refractivity (Wildman–Crippen MR) is 93.3 cm³/mol. The molecule has 0 amide bonds. The predicted octanol–water partition coefficient (Wildman–Crippen LogP) is 4.30. The Balaban J connectivity index is 2.18. The van der Waals surface area contributed by atoms with Gasteiger partial charge in [-0.1, -0.05) is 30.3 Å². The minimum atomic E-state index is -4.02. The van der Waals surface area contributed by atoms with Gasteiger partial charge in [-0.05, 0) is 42.0 Å². The van der Waals surface area contributed by atoms with Gasteiger partial charge in [-0.3, -0.25) is 10.1 Å². The van der Waals surface area contributed by atoms with E-state index in [-0.39, 0.29) is 15.6 Å². The fourth-order valence-corrected chi connectivity index (χ4v) is 3.71. The van der Waals surface area contributed by atoms with Crippen LogP contribution in [0.4, 0.5) is 10.3 Å². The molecule has 2 aromatic carbocycles. The van der Waals surface area contributed by atoms with Crippen molar-refractivity contribution in [1.29, 1.82) is 0 Å². The van der Waals surface area contributed by atoms with Crippen LogP contribution in [-0.2, 0) is 9.84 Å². The van der Waals surface area contributed by atoms with E-state index in [4.69, 9.17) is 4.42 Å². The van der Waals surface area contributed by atoms with Crippen molar-refractivity contribution in [1.82, 2.24) is 0 Å². The van der Waals surface area contributed by atoms with Crippen LogP contribution in [0.15, 0.2) is 76.0 Å². The maximum atomic E-state index is 13.1. The molecule has 1 aromatic heterocycles. The SMILES string of the molecule is O=[N+]([O-])c1ccc(C(=Cc2ccc(F)cc2)S(=O)(=O)c2ccccc2)o1. The monoisotopic (exact) mass is 373 g/mol. The smallest absolute Gasteiger partial charge is 0.400 e. The Morgan fingerprint density at radius 2 is 1.65 bits per heavy atom. The van der Waals surface area contributed by atoms with Gasteiger partial charge >= 0.3 is 5.88 Å². The molecule has 8 heteroatoms. The molecule has 6 nitrogen and oxygen atoms in total. The third-order valence-corrected chi connectivity index (χ3v) is 5.32. The lowest BCUT2D eigenvalue weighted by molar-refractivity contribution is -0.402. The number of hydrogen-bond acceptors (Lipinski definition) is 5. The summed E-state index contributed by atoms with van der Waals surface area (Å²) in [6.07, 6.45) is 1.28. The van der Waals surface area contributed by atoms with Gasteiger partial charge in [0.05, 0.1) is 11.0 Å². The summed E-state index contributed by atoms with van der Waals surface area (Å²) in [5.74, 6) is -1.22. The first-order valence-corrected chi connectivity index (χ1v) is 8.88. The second-order valence-electron chi connectivity index (χ2n) is 5.27. The molecule has 0 bridgehead atoms. The van der Waals surface area contributed by atoms with Gasteiger partial charge in [0.25, 0.3) is 0 Å². The molecule has 26 heavy (non-hydrogen) atoms. The average molecular weight is 373 g/mol. The summed E-state index contributed by atoms with van der Waals surface area (Å²) in [7, 11) is -4.02. The highest BCUT2D eigenvalue weighted by Crippen LogP contribution is 2.32. The number of nitrogens with zero attached hydrogens (tertiary/aromatic N) is 1. The van der Waals surface area contributed by atoms with E-state index >= 15 is 0 Å². The number of sulfone groups is 1. The summed E-state index contributed by atoms with van der Waals surface area (Å²) in [6, 6.07) is 15.1. The van der Waals surface area contributed by atoms with E-state index in [0.29, 0.717) is 5.56 Å². The Bertz CT molecular complexity index is 1070. The molecule has 1 heterocycles. The van der Waals surface area contributed by atoms with Gasteiger partial charge in [-0.25, -0.2) is 12.8 Å². The van der Waals surface area contributed by atoms with Crippen LogP contribution < -0.4 is 0 Å². The maximum absolute atomic E-state index is 13.1. The first-order chi connectivity index (χ1) is 12.4. The van der Waals surface area contributed by atoms with Crippen molar-refractivity contribution < 1.29 is 22.1 Å². The molecule has 0 fully saturated rings. The van der Waals surface area contributed by atoms with E-state index < -0.39 is 26.5 Å². The molecule has 0 unspecified atom stereocenters. The highest BCUT2D eigenvalue weighted by molar-refractivity contribution is 8.00. The van der Waals surface area contributed by atoms with Crippen molar-refractivity contribution in [2.45, 2.75) is 4.90 Å². The number of hydrogen-bond donors (Lipinski definition) is 0. The Kier molecular flexibility index (Phi) is 4.68. The van der Waals surface area contributed by atoms with Gasteiger partial charge in [0.1, 0.15) is 15.6 Å². The van der Waals surface area contributed by atoms with E-state index in [0.717, 1.165) is 6.07 Å². The van der Waals surface area contributed by atoms with Crippen molar-refractivity contribution in [3.63, 3.8) is 0 Å². The van der Waals surface area contributed by atoms with Gasteiger partial charge in [-0.2, -0.15) is 0 Å². The van der Waals surface area contributed by atoms with Crippen LogP contribution in [0, 0.1) is 15.9 Å². The van der Waals surface area contributed by atoms with E-state index in [9.17, 15) is 22.9 Å². The molecule has 0 radical (unpaired) electrons. The number of rotatable bonds is 5. The van der Waals surface area contributed by atoms with Crippen molar-refractivity contribution in [2.24, 2.45) is 0 Å². The number of halogens is 1. The molecule has 0 saturated heterocycles. The van der Waals surface area contributed by atoms with Crippen LogP contribution in [0.25, 0.3) is 11.0 Å². The fraction of sp³-hybridized carbons (Fsp3) is 0. The molecule has 0 aliphatic carbocycles. The minimum Gasteiger partial charge on any atom is -0.400 e. The minimum absolute atomic E-state index is 0.00687. The van der Waals surface area contributed by atoms with E-state index in [1.807, 2.05) is 0 Å². The molecule has 0 aliphatic heterocycles. The van der Waals surface area contributed by atoms with Gasteiger partial charge < -0.3 is 4.42 Å². The Labute approximate surface area is 148 Å². The van der Waals surface area contributed by atoms with Crippen molar-refractivity contribution in [3.8, 4) is 0 Å². The van der Waals surface area contributed by atoms with Crippen LogP contribution in [0.5, 0.6) is 0 Å². The molecular formula is C18H12FNO5S. The second kappa shape index (κ2) is 6.93. The summed E-state index contributed by atoms with van der Waals surface area (Å²) in [5, 5.41) is 10.9. The van der Waals surface area contributed by atoms with Gasteiger partial charge in [0, 0.05) is 0 Å². The molecule has 3 rings (SSSR count). The van der Waals surface area contributed by atoms with Crippen LogP contribution in [0.3, 0.4) is 0 Å². The third kappa shape index (κ3) is 3.55. The Morgan fingerprint density at radius 3 is 2.23 bits per heavy atom. The standard InChI is InChI=1S/C18H12FNO5S/c19-14-8-6-13(7-9-14)12-17(16-10-11-18(25-16)20(21)22)26(23,24)15-4-2-1-3-5-15/h1-12H. The summed E-state index contributed by atoms with van der Waals surface area (Å²) >= 11 is 0.